The fourth-order valence-corrected chi connectivity index (χ4v) is 10.5. The van der Waals surface area contributed by atoms with E-state index < -0.39 is 56.9 Å². The summed E-state index contributed by atoms with van der Waals surface area (Å²) in [6.45, 7) is 7.39. The molecule has 104 heavy (non-hydrogen) atoms. The molecule has 20 nitrogen and oxygen atoms in total. The van der Waals surface area contributed by atoms with E-state index in [4.69, 9.17) is 71.3 Å². The van der Waals surface area contributed by atoms with Crippen molar-refractivity contribution in [3.05, 3.63) is 389 Å². The van der Waals surface area contributed by atoms with Crippen LogP contribution >= 0.6 is 96.5 Å². The summed E-state index contributed by atoms with van der Waals surface area (Å²) < 4.78 is 66.2. The Balaban J connectivity index is 0.000000175. The Morgan fingerprint density at radius 3 is 1.02 bits per heavy atom. The molecule has 0 unspecified atom stereocenters. The van der Waals surface area contributed by atoms with Crippen molar-refractivity contribution in [2.45, 2.75) is 25.0 Å². The molecule has 0 aliphatic rings. The van der Waals surface area contributed by atoms with Crippen molar-refractivity contribution in [2.24, 2.45) is 7.05 Å². The van der Waals surface area contributed by atoms with Gasteiger partial charge in [-0.25, -0.2) is 61.1 Å². The molecule has 14 aromatic rings. The van der Waals surface area contributed by atoms with Crippen LogP contribution in [-0.4, -0.2) is 28.2 Å². The Morgan fingerprint density at radius 2 is 0.673 bits per heavy atom. The van der Waals surface area contributed by atoms with E-state index in [-0.39, 0.29) is 46.7 Å². The number of nitrogens with zero attached hydrogens (tertiary/aromatic N) is 4. The Morgan fingerprint density at radius 1 is 0.385 bits per heavy atom. The van der Waals surface area contributed by atoms with Gasteiger partial charge in [0.05, 0.1) is 74.1 Å². The fraction of sp³-hybridized carbons (Fsp3) is 0.0811. The lowest BCUT2D eigenvalue weighted by Gasteiger charge is -2.08. The van der Waals surface area contributed by atoms with Gasteiger partial charge >= 0.3 is 56.9 Å². The molecule has 0 bridgehead atoms. The number of allylic oxidation sites excluding steroid dienone is 2. The van der Waals surface area contributed by atoms with E-state index in [1.165, 1.54) is 92.0 Å². The Hall–Kier alpha value is -10.4. The van der Waals surface area contributed by atoms with Gasteiger partial charge in [0.1, 0.15) is 17.5 Å². The topological polar surface area (TPSA) is 272 Å². The molecule has 5 heterocycles. The maximum absolute atomic E-state index is 12.9. The summed E-state index contributed by atoms with van der Waals surface area (Å²) in [5.41, 5.74) is 2.28. The van der Waals surface area contributed by atoms with Gasteiger partial charge in [-0.05, 0) is 155 Å². The van der Waals surface area contributed by atoms with Crippen LogP contribution in [0.4, 0.5) is 13.2 Å². The van der Waals surface area contributed by atoms with Crippen molar-refractivity contribution in [3.8, 4) is 0 Å². The van der Waals surface area contributed by atoms with Crippen LogP contribution in [0.5, 0.6) is 0 Å². The van der Waals surface area contributed by atoms with Crippen LogP contribution in [-0.2, 0) is 32.0 Å². The highest BCUT2D eigenvalue weighted by molar-refractivity contribution is 14.1. The number of hydrogen-bond donors (Lipinski definition) is 1. The maximum Gasteiger partial charge on any atom is 0.422 e. The van der Waals surface area contributed by atoms with Gasteiger partial charge in [-0.3, -0.25) is 23.3 Å². The number of aromatic amines is 1. The zero-order valence-corrected chi connectivity index (χ0v) is 61.6. The third-order valence-electron chi connectivity index (χ3n) is 14.2. The van der Waals surface area contributed by atoms with Crippen LogP contribution in [0, 0.1) is 17.5 Å². The van der Waals surface area contributed by atoms with Crippen molar-refractivity contribution in [2.75, 3.05) is 4.93 Å². The van der Waals surface area contributed by atoms with E-state index in [2.05, 4.69) is 65.5 Å². The summed E-state index contributed by atoms with van der Waals surface area (Å²) in [5, 5.41) is 4.15. The average Bonchev–Trinajstić information content (AvgIpc) is 0.795. The largest absolute Gasteiger partial charge is 0.422 e. The fourth-order valence-electron chi connectivity index (χ4n) is 9.25. The first-order chi connectivity index (χ1) is 49.7. The van der Waals surface area contributed by atoms with Crippen molar-refractivity contribution in [1.29, 1.82) is 0 Å². The molecular weight excluding hydrogens is 1640 g/mol. The third kappa shape index (κ3) is 22.3. The molecule has 0 radical (unpaired) electrons. The number of H-pyrrole nitrogens is 1. The number of nitrogens with one attached hydrogen (secondary N) is 1. The van der Waals surface area contributed by atoms with E-state index in [0.29, 0.717) is 81.1 Å². The second-order valence-corrected chi connectivity index (χ2v) is 23.8. The second-order valence-electron chi connectivity index (χ2n) is 21.0. The van der Waals surface area contributed by atoms with Gasteiger partial charge in [0.15, 0.2) is 0 Å². The molecule has 0 amide bonds. The number of alkyl halides is 2. The quantitative estimate of drug-likeness (QED) is 0.0841. The van der Waals surface area contributed by atoms with E-state index in [1.54, 1.807) is 109 Å². The highest BCUT2D eigenvalue weighted by atomic mass is 127. The third-order valence-corrected chi connectivity index (χ3v) is 16.0. The number of aryl methyl sites for hydroxylation is 1. The SMILES string of the molecule is C=CC=C.CI.Cn1c(=O)oc(=O)c2cc(Cl)ccc21.Fc1ccc(CBr)cc1.O=c1[nH]c2ccc(Cl)cc2c(=O)o1.O=c1oc(=O)n(Cc2ccc(F)cc2)c2ccc(Cl)cc12.O=c1oc(=O)n(Cc2ccc(F)cc2)c2ccc(Cl)cc12.O=c1oc(=O)n(Cc2ccccc2)c2ccc(Cl)cc12. The molecule has 0 fully saturated rings. The van der Waals surface area contributed by atoms with Crippen LogP contribution in [0.2, 0.25) is 25.1 Å². The highest BCUT2D eigenvalue weighted by Gasteiger charge is 2.15. The first kappa shape index (κ1) is 80.9. The lowest BCUT2D eigenvalue weighted by atomic mass is 10.2. The van der Waals surface area contributed by atoms with E-state index in [9.17, 15) is 61.1 Å². The van der Waals surface area contributed by atoms with Crippen LogP contribution in [0.1, 0.15) is 22.3 Å². The summed E-state index contributed by atoms with van der Waals surface area (Å²) in [6.07, 6.45) is 3.28. The van der Waals surface area contributed by atoms with Crippen LogP contribution in [0.3, 0.4) is 0 Å². The number of fused-ring (bicyclic) bond motifs is 5. The van der Waals surface area contributed by atoms with Gasteiger partial charge in [0, 0.05) is 37.5 Å². The molecule has 0 spiro atoms. The van der Waals surface area contributed by atoms with Gasteiger partial charge in [-0.15, -0.1) is 0 Å². The maximum atomic E-state index is 12.9. The average molecular weight is 1690 g/mol. The summed E-state index contributed by atoms with van der Waals surface area (Å²) in [5.74, 6) is -4.54. The zero-order chi connectivity index (χ0) is 75.9. The van der Waals surface area contributed by atoms with Crippen molar-refractivity contribution >= 4 is 151 Å². The van der Waals surface area contributed by atoms with Crippen LogP contribution in [0.25, 0.3) is 54.5 Å². The van der Waals surface area contributed by atoms with E-state index >= 15 is 0 Å². The normalized spacial score (nSPS) is 10.3. The van der Waals surface area contributed by atoms with Crippen molar-refractivity contribution < 1.29 is 35.3 Å². The Labute approximate surface area is 630 Å². The second kappa shape index (κ2) is 38.8. The molecule has 5 aromatic heterocycles. The minimum absolute atomic E-state index is 0.168. The van der Waals surface area contributed by atoms with Gasteiger partial charge in [-0.2, -0.15) is 0 Å². The molecule has 0 saturated carbocycles. The Bertz CT molecular complexity index is 5890. The zero-order valence-electron chi connectivity index (χ0n) is 54.1. The molecule has 14 rings (SSSR count). The Kier molecular flexibility index (Phi) is 30.2. The molecule has 30 heteroatoms. The lowest BCUT2D eigenvalue weighted by molar-refractivity contribution is 0.424. The summed E-state index contributed by atoms with van der Waals surface area (Å²) in [7, 11) is 1.53. The number of rotatable bonds is 8. The number of hydrogen-bond acceptors (Lipinski definition) is 15. The molecule has 0 aliphatic carbocycles. The van der Waals surface area contributed by atoms with E-state index in [1.807, 2.05) is 35.3 Å². The minimum atomic E-state index is -0.765. The van der Waals surface area contributed by atoms with Crippen molar-refractivity contribution in [1.82, 2.24) is 23.3 Å². The first-order valence-electron chi connectivity index (χ1n) is 29.8. The minimum Gasteiger partial charge on any atom is -0.372 e. The highest BCUT2D eigenvalue weighted by Crippen LogP contribution is 2.21. The predicted molar refractivity (Wildman–Crippen MR) is 412 cm³/mol. The molecule has 534 valence electrons. The van der Waals surface area contributed by atoms with Gasteiger partial charge < -0.3 is 22.1 Å². The number of aromatic nitrogens is 5. The first-order valence-corrected chi connectivity index (χ1v) is 35.0. The van der Waals surface area contributed by atoms with Gasteiger partial charge in [0.25, 0.3) is 0 Å². The van der Waals surface area contributed by atoms with E-state index in [0.717, 1.165) is 16.5 Å². The van der Waals surface area contributed by atoms with Crippen molar-refractivity contribution in [3.63, 3.8) is 0 Å². The van der Waals surface area contributed by atoms with Gasteiger partial charge in [-0.1, -0.05) is 189 Å². The predicted octanol–water partition coefficient (Wildman–Crippen LogP) is 15.7. The number of benzene rings is 9. The summed E-state index contributed by atoms with van der Waals surface area (Å²) >= 11 is 34.4. The summed E-state index contributed by atoms with van der Waals surface area (Å²) in [4.78, 5) is 119. The lowest BCUT2D eigenvalue weighted by Crippen LogP contribution is -2.25. The molecule has 0 atom stereocenters. The molecule has 1 N–H and O–H groups in total. The molecular formula is C74H53BrCl5F3IN5O15. The molecule has 0 aliphatic heterocycles. The number of halogens is 10. The molecule has 0 saturated heterocycles. The van der Waals surface area contributed by atoms with Crippen LogP contribution < -0.4 is 56.9 Å². The molecule has 9 aromatic carbocycles. The monoisotopic (exact) mass is 1690 g/mol. The van der Waals surface area contributed by atoms with Crippen LogP contribution in [0.15, 0.2) is 289 Å². The standard InChI is InChI=1S/2C15H9ClFNO3.C15H10ClNO3.C9H6ClNO3.C8H4ClNO3.C7H6BrF.C4H6.CH3I/c2*16-10-3-6-13-12(7-10)14(19)21-15(20)18(13)8-9-1-4-11(17)5-2-9;16-11-6-7-13-12(8-11)14(18)20-15(19)17(13)9-10-4-2-1-3-5-10;1-11-7-3-2-5(10)4-6(7)8(12)14-9(11)13;9-4-1-2-6-5(3-4)7(11)13-8(12)10-6;8-5-6-1-3-7(9)4-2-6;1-3-4-2;1-2/h2*1-7H,8H2;1-8H,9H2;2-4H,1H3;1-3H,(H,10,12);1-4H,5H2;3-4H,1-2H2;1H3. The smallest absolute Gasteiger partial charge is 0.372 e. The van der Waals surface area contributed by atoms with Gasteiger partial charge in [0.2, 0.25) is 0 Å². The summed E-state index contributed by atoms with van der Waals surface area (Å²) in [6, 6.07) is 50.7.